The lowest BCUT2D eigenvalue weighted by molar-refractivity contribution is 0.462. The van der Waals surface area contributed by atoms with Gasteiger partial charge in [-0.25, -0.2) is 4.98 Å². The number of hydrogen-bond acceptors (Lipinski definition) is 3. The van der Waals surface area contributed by atoms with E-state index in [0.29, 0.717) is 0 Å². The molecule has 0 atom stereocenters. The lowest BCUT2D eigenvalue weighted by atomic mass is 10.3. The number of rotatable bonds is 6. The first-order valence-electron chi connectivity index (χ1n) is 7.70. The molecule has 134 valence electrons. The number of thiazole rings is 1. The molecule has 0 bridgehead atoms. The summed E-state index contributed by atoms with van der Waals surface area (Å²) in [7, 11) is 4.12. The number of hydrogen-bond donors (Lipinski definition) is 1. The van der Waals surface area contributed by atoms with Crippen molar-refractivity contribution in [1.82, 2.24) is 19.8 Å². The van der Waals surface area contributed by atoms with Crippen molar-refractivity contribution in [3.05, 3.63) is 38.5 Å². The molecule has 0 saturated heterocycles. The molecule has 0 saturated carbocycles. The van der Waals surface area contributed by atoms with Crippen molar-refractivity contribution in [2.45, 2.75) is 26.8 Å². The van der Waals surface area contributed by atoms with Crippen molar-refractivity contribution in [2.24, 2.45) is 12.0 Å². The predicted molar refractivity (Wildman–Crippen MR) is 117 cm³/mol. The first-order chi connectivity index (χ1) is 11.0. The van der Waals surface area contributed by atoms with E-state index in [-0.39, 0.29) is 24.0 Å². The number of aliphatic imine (C=N–C) groups is 1. The second kappa shape index (κ2) is 10.4. The lowest BCUT2D eigenvalue weighted by Gasteiger charge is -2.22. The third-order valence-electron chi connectivity index (χ3n) is 3.47. The van der Waals surface area contributed by atoms with Crippen molar-refractivity contribution in [1.29, 1.82) is 0 Å². The maximum atomic E-state index is 4.73. The van der Waals surface area contributed by atoms with Crippen LogP contribution >= 0.6 is 51.2 Å². The number of guanidine groups is 1. The van der Waals surface area contributed by atoms with Crippen LogP contribution < -0.4 is 5.32 Å². The number of nitrogens with zero attached hydrogens (tertiary/aromatic N) is 4. The molecule has 2 heterocycles. The van der Waals surface area contributed by atoms with Crippen LogP contribution in [0.15, 0.2) is 27.1 Å². The van der Waals surface area contributed by atoms with E-state index in [9.17, 15) is 0 Å². The van der Waals surface area contributed by atoms with Crippen LogP contribution in [0.3, 0.4) is 0 Å². The molecule has 2 aromatic heterocycles. The Labute approximate surface area is 173 Å². The fourth-order valence-corrected chi connectivity index (χ4v) is 3.53. The second-order valence-corrected chi connectivity index (χ2v) is 7.44. The minimum atomic E-state index is 0. The average Bonchev–Trinajstić information content (AvgIpc) is 3.03. The molecule has 0 amide bonds. The normalized spacial score (nSPS) is 11.3. The van der Waals surface area contributed by atoms with Crippen LogP contribution in [0.2, 0.25) is 0 Å². The molecule has 5 nitrogen and oxygen atoms in total. The molecule has 0 aromatic carbocycles. The maximum Gasteiger partial charge on any atom is 0.194 e. The Morgan fingerprint density at radius 2 is 2.25 bits per heavy atom. The summed E-state index contributed by atoms with van der Waals surface area (Å²) in [6, 6.07) is 2.14. The predicted octanol–water partition coefficient (Wildman–Crippen LogP) is 3.81. The summed E-state index contributed by atoms with van der Waals surface area (Å²) in [5.41, 5.74) is 2.36. The van der Waals surface area contributed by atoms with E-state index in [1.54, 1.807) is 11.3 Å². The first kappa shape index (κ1) is 21.4. The van der Waals surface area contributed by atoms with E-state index in [2.05, 4.69) is 74.4 Å². The summed E-state index contributed by atoms with van der Waals surface area (Å²) in [4.78, 5) is 11.4. The summed E-state index contributed by atoms with van der Waals surface area (Å²) < 4.78 is 3.23. The highest BCUT2D eigenvalue weighted by Gasteiger charge is 2.09. The summed E-state index contributed by atoms with van der Waals surface area (Å²) in [6.07, 6.45) is 2.95. The highest BCUT2D eigenvalue weighted by molar-refractivity contribution is 14.0. The Morgan fingerprint density at radius 3 is 2.79 bits per heavy atom. The van der Waals surface area contributed by atoms with Crippen LogP contribution in [0.1, 0.15) is 23.3 Å². The molecule has 0 aliphatic rings. The van der Waals surface area contributed by atoms with Gasteiger partial charge < -0.3 is 14.8 Å². The van der Waals surface area contributed by atoms with Gasteiger partial charge in [-0.1, -0.05) is 0 Å². The zero-order valence-corrected chi connectivity index (χ0v) is 19.3. The number of aromatic nitrogens is 2. The third-order valence-corrected chi connectivity index (χ3v) is 4.72. The molecule has 0 fully saturated rings. The molecule has 0 aliphatic carbocycles. The minimum absolute atomic E-state index is 0. The second-order valence-electron chi connectivity index (χ2n) is 5.46. The molecule has 0 unspecified atom stereocenters. The van der Waals surface area contributed by atoms with Gasteiger partial charge in [0.2, 0.25) is 0 Å². The summed E-state index contributed by atoms with van der Waals surface area (Å²) in [5.74, 6) is 0.928. The molecule has 2 rings (SSSR count). The minimum Gasteiger partial charge on any atom is -0.357 e. The highest BCUT2D eigenvalue weighted by Crippen LogP contribution is 2.15. The fourth-order valence-electron chi connectivity index (χ4n) is 2.31. The number of aryl methyl sites for hydroxylation is 2. The van der Waals surface area contributed by atoms with Gasteiger partial charge in [-0.15, -0.1) is 35.3 Å². The van der Waals surface area contributed by atoms with Crippen LogP contribution in [-0.4, -0.2) is 40.5 Å². The van der Waals surface area contributed by atoms with Gasteiger partial charge in [0.05, 0.1) is 17.2 Å². The molecule has 8 heteroatoms. The lowest BCUT2D eigenvalue weighted by Crippen LogP contribution is -2.39. The Kier molecular flexibility index (Phi) is 9.28. The van der Waals surface area contributed by atoms with Gasteiger partial charge in [0, 0.05) is 55.3 Å². The van der Waals surface area contributed by atoms with Crippen LogP contribution in [0, 0.1) is 6.92 Å². The van der Waals surface area contributed by atoms with Crippen molar-refractivity contribution >= 4 is 57.2 Å². The summed E-state index contributed by atoms with van der Waals surface area (Å²) >= 11 is 5.21. The number of halogens is 2. The Morgan fingerprint density at radius 1 is 1.50 bits per heavy atom. The van der Waals surface area contributed by atoms with Gasteiger partial charge in [-0.3, -0.25) is 4.99 Å². The molecule has 0 radical (unpaired) electrons. The van der Waals surface area contributed by atoms with Crippen molar-refractivity contribution in [2.75, 3.05) is 20.1 Å². The molecule has 0 aliphatic heterocycles. The first-order valence-corrected chi connectivity index (χ1v) is 9.38. The topological polar surface area (TPSA) is 45.5 Å². The third kappa shape index (κ3) is 6.36. The molecule has 0 spiro atoms. The van der Waals surface area contributed by atoms with E-state index < -0.39 is 0 Å². The van der Waals surface area contributed by atoms with Gasteiger partial charge in [0.1, 0.15) is 0 Å². The zero-order chi connectivity index (χ0) is 16.8. The van der Waals surface area contributed by atoms with Crippen molar-refractivity contribution < 1.29 is 0 Å². The number of nitrogens with one attached hydrogen (secondary N) is 1. The van der Waals surface area contributed by atoms with Crippen molar-refractivity contribution in [3.63, 3.8) is 0 Å². The van der Waals surface area contributed by atoms with Crippen LogP contribution in [0.5, 0.6) is 0 Å². The van der Waals surface area contributed by atoms with E-state index in [4.69, 9.17) is 4.99 Å². The molecule has 2 aromatic rings. The van der Waals surface area contributed by atoms with Crippen LogP contribution in [0.4, 0.5) is 0 Å². The van der Waals surface area contributed by atoms with Gasteiger partial charge in [-0.2, -0.15) is 0 Å². The molecular weight excluding hydrogens is 501 g/mol. The zero-order valence-electron chi connectivity index (χ0n) is 14.5. The van der Waals surface area contributed by atoms with Crippen LogP contribution in [0.25, 0.3) is 0 Å². The van der Waals surface area contributed by atoms with Crippen molar-refractivity contribution in [3.8, 4) is 0 Å². The van der Waals surface area contributed by atoms with E-state index in [1.165, 1.54) is 5.69 Å². The highest BCUT2D eigenvalue weighted by atomic mass is 127. The van der Waals surface area contributed by atoms with E-state index in [0.717, 1.165) is 47.2 Å². The average molecular weight is 526 g/mol. The Bertz CT molecular complexity index is 667. The Hall–Kier alpha value is -0.610. The maximum absolute atomic E-state index is 4.73. The molecular formula is C16H25BrIN5S. The Balaban J connectivity index is 0.00000288. The standard InChI is InChI=1S/C16H24BrN5S.HI/c1-5-18-16(19-7-6-14-11-23-12(2)20-14)22(4)10-15-8-13(17)9-21(15)3;/h8-9,11H,5-7,10H2,1-4H3,(H,18,19);1H. The largest absolute Gasteiger partial charge is 0.357 e. The summed E-state index contributed by atoms with van der Waals surface area (Å²) in [6.45, 7) is 6.53. The van der Waals surface area contributed by atoms with E-state index >= 15 is 0 Å². The van der Waals surface area contributed by atoms with Crippen LogP contribution in [-0.2, 0) is 20.0 Å². The smallest absolute Gasteiger partial charge is 0.194 e. The van der Waals surface area contributed by atoms with Gasteiger partial charge in [0.15, 0.2) is 5.96 Å². The molecule has 1 N–H and O–H groups in total. The molecule has 24 heavy (non-hydrogen) atoms. The fraction of sp³-hybridized carbons (Fsp3) is 0.500. The van der Waals surface area contributed by atoms with Gasteiger partial charge >= 0.3 is 0 Å². The van der Waals surface area contributed by atoms with E-state index in [1.807, 2.05) is 6.92 Å². The SMILES string of the molecule is CCNC(=NCCc1csc(C)n1)N(C)Cc1cc(Br)cn1C.I. The van der Waals surface area contributed by atoms with Gasteiger partial charge in [-0.05, 0) is 35.8 Å². The quantitative estimate of drug-likeness (QED) is 0.354. The monoisotopic (exact) mass is 525 g/mol. The summed E-state index contributed by atoms with van der Waals surface area (Å²) in [5, 5.41) is 6.58. The van der Waals surface area contributed by atoms with Gasteiger partial charge in [0.25, 0.3) is 0 Å².